The maximum absolute atomic E-state index is 11.0. The summed E-state index contributed by atoms with van der Waals surface area (Å²) in [5.41, 5.74) is 4.07. The van der Waals surface area contributed by atoms with Crippen LogP contribution < -0.4 is 4.74 Å². The van der Waals surface area contributed by atoms with E-state index in [0.717, 1.165) is 44.5 Å². The topological polar surface area (TPSA) is 64.3 Å². The number of benzene rings is 4. The van der Waals surface area contributed by atoms with Crippen LogP contribution in [0.15, 0.2) is 91.0 Å². The third-order valence-corrected chi connectivity index (χ3v) is 5.75. The molecule has 0 aliphatic rings. The molecule has 0 amide bonds. The minimum Gasteiger partial charge on any atom is -0.489 e. The van der Waals surface area contributed by atoms with Gasteiger partial charge in [0.2, 0.25) is 0 Å². The summed E-state index contributed by atoms with van der Waals surface area (Å²) >= 11 is 0. The van der Waals surface area contributed by atoms with Crippen LogP contribution in [0.25, 0.3) is 33.2 Å². The van der Waals surface area contributed by atoms with E-state index in [9.17, 15) is 4.79 Å². The number of nitrogens with zero attached hydrogens (tertiary/aromatic N) is 2. The molecule has 1 N–H and O–H groups in total. The second kappa shape index (κ2) is 9.17. The number of rotatable bonds is 8. The monoisotopic (exact) mass is 436 g/mol. The highest BCUT2D eigenvalue weighted by Crippen LogP contribution is 2.30. The molecule has 1 heterocycles. The summed E-state index contributed by atoms with van der Waals surface area (Å²) in [5.74, 6) is 0.907. The quantitative estimate of drug-likeness (QED) is 0.310. The van der Waals surface area contributed by atoms with Gasteiger partial charge < -0.3 is 14.4 Å². The molecule has 0 unspecified atom stereocenters. The van der Waals surface area contributed by atoms with Crippen molar-refractivity contribution >= 4 is 27.8 Å². The lowest BCUT2D eigenvalue weighted by molar-refractivity contribution is -0.137. The fourth-order valence-corrected chi connectivity index (χ4v) is 4.10. The zero-order valence-corrected chi connectivity index (χ0v) is 18.1. The van der Waals surface area contributed by atoms with Crippen molar-refractivity contribution in [3.8, 4) is 17.1 Å². The highest BCUT2D eigenvalue weighted by atomic mass is 16.5. The number of hydrogen-bond donors (Lipinski definition) is 1. The number of hydrogen-bond acceptors (Lipinski definition) is 3. The summed E-state index contributed by atoms with van der Waals surface area (Å²) in [6, 6.07) is 30.5. The normalized spacial score (nSPS) is 11.2. The maximum atomic E-state index is 11.0. The van der Waals surface area contributed by atoms with Gasteiger partial charge in [-0.15, -0.1) is 0 Å². The number of imidazole rings is 1. The lowest BCUT2D eigenvalue weighted by Crippen LogP contribution is -2.04. The van der Waals surface area contributed by atoms with Gasteiger partial charge in [-0.3, -0.25) is 4.79 Å². The molecule has 1 aromatic heterocycles. The Hall–Kier alpha value is -4.12. The summed E-state index contributed by atoms with van der Waals surface area (Å²) in [6.45, 7) is 1.14. The number of aryl methyl sites for hydroxylation is 1. The molecular weight excluding hydrogens is 412 g/mol. The minimum absolute atomic E-state index is 0.134. The Morgan fingerprint density at radius 2 is 1.64 bits per heavy atom. The average molecular weight is 437 g/mol. The highest BCUT2D eigenvalue weighted by Gasteiger charge is 2.13. The molecule has 0 aliphatic carbocycles. The fourth-order valence-electron chi connectivity index (χ4n) is 4.10. The molecule has 0 saturated carbocycles. The molecule has 164 valence electrons. The van der Waals surface area contributed by atoms with E-state index >= 15 is 0 Å². The number of aromatic nitrogens is 2. The number of aliphatic carboxylic acids is 1. The first-order chi connectivity index (χ1) is 16.2. The van der Waals surface area contributed by atoms with Gasteiger partial charge in [-0.1, -0.05) is 60.7 Å². The van der Waals surface area contributed by atoms with Crippen molar-refractivity contribution < 1.29 is 14.6 Å². The Morgan fingerprint density at radius 1 is 0.879 bits per heavy atom. The van der Waals surface area contributed by atoms with Crippen molar-refractivity contribution in [2.75, 3.05) is 0 Å². The first-order valence-electron chi connectivity index (χ1n) is 11.1. The molecule has 5 nitrogen and oxygen atoms in total. The van der Waals surface area contributed by atoms with E-state index in [2.05, 4.69) is 47.0 Å². The molecular formula is C28H24N2O3. The highest BCUT2D eigenvalue weighted by molar-refractivity contribution is 5.89. The van der Waals surface area contributed by atoms with Crippen molar-refractivity contribution in [2.24, 2.45) is 0 Å². The molecule has 0 atom stereocenters. The van der Waals surface area contributed by atoms with Crippen LogP contribution in [0.3, 0.4) is 0 Å². The molecule has 5 aromatic rings. The molecule has 0 aliphatic heterocycles. The van der Waals surface area contributed by atoms with Crippen LogP contribution in [0.4, 0.5) is 0 Å². The van der Waals surface area contributed by atoms with E-state index in [-0.39, 0.29) is 6.42 Å². The van der Waals surface area contributed by atoms with E-state index in [0.29, 0.717) is 19.6 Å². The third-order valence-electron chi connectivity index (χ3n) is 5.75. The lowest BCUT2D eigenvalue weighted by Gasteiger charge is -2.11. The number of fused-ring (bicyclic) bond motifs is 2. The summed E-state index contributed by atoms with van der Waals surface area (Å²) in [7, 11) is 0. The Labute approximate surface area is 191 Å². The number of carboxylic acid groups (broad SMARTS) is 1. The lowest BCUT2D eigenvalue weighted by atomic mass is 10.1. The Kier molecular flexibility index (Phi) is 5.77. The predicted octanol–water partition coefficient (Wildman–Crippen LogP) is 6.30. The SMILES string of the molecule is O=C(O)CCCn1c(-c2ccc3cc(OCc4ccccc4)ccc3c2)nc2ccccc21. The van der Waals surface area contributed by atoms with Crippen LogP contribution in [0.2, 0.25) is 0 Å². The molecule has 5 rings (SSSR count). The molecule has 0 saturated heterocycles. The van der Waals surface area contributed by atoms with Crippen molar-refractivity contribution in [1.29, 1.82) is 0 Å². The largest absolute Gasteiger partial charge is 0.489 e. The van der Waals surface area contributed by atoms with Crippen LogP contribution in [-0.4, -0.2) is 20.6 Å². The number of carbonyl (C=O) groups is 1. The van der Waals surface area contributed by atoms with Crippen molar-refractivity contribution in [2.45, 2.75) is 26.0 Å². The summed E-state index contributed by atoms with van der Waals surface area (Å²) in [5, 5.41) is 11.2. The fraction of sp³-hybridized carbons (Fsp3) is 0.143. The van der Waals surface area contributed by atoms with E-state index in [1.807, 2.05) is 48.5 Å². The van der Waals surface area contributed by atoms with Crippen molar-refractivity contribution in [3.05, 3.63) is 96.6 Å². The van der Waals surface area contributed by atoms with E-state index < -0.39 is 5.97 Å². The van der Waals surface area contributed by atoms with Crippen LogP contribution in [0.1, 0.15) is 18.4 Å². The molecule has 0 radical (unpaired) electrons. The zero-order chi connectivity index (χ0) is 22.6. The van der Waals surface area contributed by atoms with Gasteiger partial charge in [-0.2, -0.15) is 0 Å². The van der Waals surface area contributed by atoms with E-state index in [1.54, 1.807) is 0 Å². The van der Waals surface area contributed by atoms with Gasteiger partial charge in [0.15, 0.2) is 0 Å². The Balaban J connectivity index is 1.44. The van der Waals surface area contributed by atoms with E-state index in [4.69, 9.17) is 14.8 Å². The molecule has 5 heteroatoms. The number of para-hydroxylation sites is 2. The summed E-state index contributed by atoms with van der Waals surface area (Å²) < 4.78 is 8.10. The molecule has 0 bridgehead atoms. The van der Waals surface area contributed by atoms with Gasteiger partial charge in [-0.05, 0) is 53.1 Å². The first kappa shape index (κ1) is 20.8. The second-order valence-corrected chi connectivity index (χ2v) is 8.07. The molecule has 0 spiro atoms. The molecule has 4 aromatic carbocycles. The van der Waals surface area contributed by atoms with Gasteiger partial charge in [0.05, 0.1) is 11.0 Å². The van der Waals surface area contributed by atoms with Gasteiger partial charge in [0.1, 0.15) is 18.2 Å². The number of ether oxygens (including phenoxy) is 1. The van der Waals surface area contributed by atoms with E-state index in [1.165, 1.54) is 0 Å². The minimum atomic E-state index is -0.781. The molecule has 0 fully saturated rings. The first-order valence-corrected chi connectivity index (χ1v) is 11.1. The van der Waals surface area contributed by atoms with Gasteiger partial charge in [0.25, 0.3) is 0 Å². The van der Waals surface area contributed by atoms with Crippen LogP contribution in [-0.2, 0) is 17.9 Å². The van der Waals surface area contributed by atoms with Crippen molar-refractivity contribution in [3.63, 3.8) is 0 Å². The summed E-state index contributed by atoms with van der Waals surface area (Å²) in [6.07, 6.45) is 0.688. The van der Waals surface area contributed by atoms with Gasteiger partial charge >= 0.3 is 5.97 Å². The molecule has 33 heavy (non-hydrogen) atoms. The second-order valence-electron chi connectivity index (χ2n) is 8.07. The van der Waals surface area contributed by atoms with Crippen LogP contribution >= 0.6 is 0 Å². The Bertz CT molecular complexity index is 1420. The smallest absolute Gasteiger partial charge is 0.303 e. The third kappa shape index (κ3) is 4.58. The standard InChI is InChI=1S/C28H24N2O3/c31-27(32)11-6-16-30-26-10-5-4-9-25(26)29-28(30)23-13-12-22-18-24(15-14-21(22)17-23)33-19-20-7-2-1-3-8-20/h1-5,7-10,12-15,17-18H,6,11,16,19H2,(H,31,32). The van der Waals surface area contributed by atoms with Crippen LogP contribution in [0, 0.1) is 0 Å². The van der Waals surface area contributed by atoms with Gasteiger partial charge in [0, 0.05) is 18.5 Å². The summed E-state index contributed by atoms with van der Waals surface area (Å²) in [4.78, 5) is 15.9. The average Bonchev–Trinajstić information content (AvgIpc) is 3.21. The maximum Gasteiger partial charge on any atom is 0.303 e. The van der Waals surface area contributed by atoms with Crippen LogP contribution in [0.5, 0.6) is 5.75 Å². The zero-order valence-electron chi connectivity index (χ0n) is 18.1. The van der Waals surface area contributed by atoms with Crippen molar-refractivity contribution in [1.82, 2.24) is 9.55 Å². The predicted molar refractivity (Wildman–Crippen MR) is 130 cm³/mol. The number of carboxylic acids is 1. The van der Waals surface area contributed by atoms with Gasteiger partial charge in [-0.25, -0.2) is 4.98 Å². The Morgan fingerprint density at radius 3 is 2.48 bits per heavy atom.